The van der Waals surface area contributed by atoms with Crippen LogP contribution in [0.25, 0.3) is 0 Å². The molecule has 1 atom stereocenters. The lowest BCUT2D eigenvalue weighted by Crippen LogP contribution is -2.28. The lowest BCUT2D eigenvalue weighted by Gasteiger charge is -2.24. The lowest BCUT2D eigenvalue weighted by atomic mass is 9.84. The molecule has 0 aromatic carbocycles. The molecule has 1 aromatic rings. The molecule has 1 heterocycles. The van der Waals surface area contributed by atoms with Crippen molar-refractivity contribution in [2.24, 2.45) is 5.92 Å². The molecule has 1 unspecified atom stereocenters. The molecular weight excluding hydrogens is 220 g/mol. The van der Waals surface area contributed by atoms with E-state index in [2.05, 4.69) is 29.5 Å². The van der Waals surface area contributed by atoms with Crippen LogP contribution in [0.15, 0.2) is 24.5 Å². The van der Waals surface area contributed by atoms with Crippen LogP contribution in [0, 0.1) is 5.92 Å². The summed E-state index contributed by atoms with van der Waals surface area (Å²) < 4.78 is 0. The van der Waals surface area contributed by atoms with Crippen LogP contribution in [0.3, 0.4) is 0 Å². The fourth-order valence-corrected chi connectivity index (χ4v) is 3.06. The van der Waals surface area contributed by atoms with E-state index in [9.17, 15) is 0 Å². The Kier molecular flexibility index (Phi) is 5.66. The number of likely N-dealkylation sites (N-methyl/N-ethyl adjacent to an activating group) is 1. The van der Waals surface area contributed by atoms with Gasteiger partial charge in [0.15, 0.2) is 0 Å². The molecule has 1 fully saturated rings. The maximum atomic E-state index is 4.08. The zero-order valence-corrected chi connectivity index (χ0v) is 11.6. The number of pyridine rings is 1. The Morgan fingerprint density at radius 3 is 2.61 bits per heavy atom. The summed E-state index contributed by atoms with van der Waals surface area (Å²) in [5, 5.41) is 3.47. The predicted molar refractivity (Wildman–Crippen MR) is 76.6 cm³/mol. The average Bonchev–Trinajstić information content (AvgIpc) is 2.45. The summed E-state index contributed by atoms with van der Waals surface area (Å²) in [7, 11) is 2.09. The van der Waals surface area contributed by atoms with Gasteiger partial charge in [-0.25, -0.2) is 0 Å². The minimum atomic E-state index is 0.620. The minimum absolute atomic E-state index is 0.620. The SMILES string of the molecule is CNC(CCC1CCCCC1)Cc1ccncc1. The highest BCUT2D eigenvalue weighted by molar-refractivity contribution is 5.11. The van der Waals surface area contributed by atoms with Gasteiger partial charge in [0.2, 0.25) is 0 Å². The number of nitrogens with one attached hydrogen (secondary N) is 1. The third kappa shape index (κ3) is 4.41. The van der Waals surface area contributed by atoms with E-state index >= 15 is 0 Å². The van der Waals surface area contributed by atoms with Crippen LogP contribution < -0.4 is 5.32 Å². The Morgan fingerprint density at radius 1 is 1.22 bits per heavy atom. The molecule has 100 valence electrons. The summed E-state index contributed by atoms with van der Waals surface area (Å²) in [6.07, 6.45) is 14.9. The van der Waals surface area contributed by atoms with Gasteiger partial charge in [-0.15, -0.1) is 0 Å². The highest BCUT2D eigenvalue weighted by Crippen LogP contribution is 2.28. The summed E-state index contributed by atoms with van der Waals surface area (Å²) in [5.41, 5.74) is 1.40. The summed E-state index contributed by atoms with van der Waals surface area (Å²) in [6.45, 7) is 0. The first-order chi connectivity index (χ1) is 8.88. The summed E-state index contributed by atoms with van der Waals surface area (Å²) in [6, 6.07) is 4.88. The first kappa shape index (κ1) is 13.5. The van der Waals surface area contributed by atoms with Gasteiger partial charge in [-0.05, 0) is 49.9 Å². The van der Waals surface area contributed by atoms with Gasteiger partial charge in [-0.1, -0.05) is 32.1 Å². The first-order valence-corrected chi connectivity index (χ1v) is 7.44. The van der Waals surface area contributed by atoms with Crippen molar-refractivity contribution >= 4 is 0 Å². The molecule has 1 saturated carbocycles. The van der Waals surface area contributed by atoms with Crippen LogP contribution in [-0.4, -0.2) is 18.1 Å². The Labute approximate surface area is 111 Å². The Balaban J connectivity index is 1.75. The fourth-order valence-electron chi connectivity index (χ4n) is 3.06. The van der Waals surface area contributed by atoms with Gasteiger partial charge in [-0.2, -0.15) is 0 Å². The smallest absolute Gasteiger partial charge is 0.0270 e. The number of nitrogens with zero attached hydrogens (tertiary/aromatic N) is 1. The maximum Gasteiger partial charge on any atom is 0.0270 e. The van der Waals surface area contributed by atoms with Crippen molar-refractivity contribution in [3.05, 3.63) is 30.1 Å². The number of hydrogen-bond acceptors (Lipinski definition) is 2. The molecule has 0 aliphatic heterocycles. The van der Waals surface area contributed by atoms with Crippen LogP contribution in [0.2, 0.25) is 0 Å². The molecular formula is C16H26N2. The molecule has 2 heteroatoms. The Hall–Kier alpha value is -0.890. The molecule has 2 rings (SSSR count). The quantitative estimate of drug-likeness (QED) is 0.830. The summed E-state index contributed by atoms with van der Waals surface area (Å²) in [4.78, 5) is 4.08. The van der Waals surface area contributed by atoms with Crippen molar-refractivity contribution in [2.75, 3.05) is 7.05 Å². The second-order valence-electron chi connectivity index (χ2n) is 5.63. The molecule has 0 spiro atoms. The van der Waals surface area contributed by atoms with Gasteiger partial charge in [0.25, 0.3) is 0 Å². The monoisotopic (exact) mass is 246 g/mol. The van der Waals surface area contributed by atoms with Gasteiger partial charge in [0, 0.05) is 18.4 Å². The summed E-state index contributed by atoms with van der Waals surface area (Å²) in [5.74, 6) is 0.993. The van der Waals surface area contributed by atoms with Crippen LogP contribution >= 0.6 is 0 Å². The van der Waals surface area contributed by atoms with Gasteiger partial charge in [0.1, 0.15) is 0 Å². The average molecular weight is 246 g/mol. The highest BCUT2D eigenvalue weighted by Gasteiger charge is 2.15. The second-order valence-corrected chi connectivity index (χ2v) is 5.63. The topological polar surface area (TPSA) is 24.9 Å². The lowest BCUT2D eigenvalue weighted by molar-refractivity contribution is 0.316. The Bertz CT molecular complexity index is 317. The molecule has 18 heavy (non-hydrogen) atoms. The van der Waals surface area contributed by atoms with Gasteiger partial charge in [-0.3, -0.25) is 4.98 Å². The first-order valence-electron chi connectivity index (χ1n) is 7.44. The van der Waals surface area contributed by atoms with Crippen LogP contribution in [0.1, 0.15) is 50.5 Å². The van der Waals surface area contributed by atoms with E-state index in [1.54, 1.807) is 0 Å². The van der Waals surface area contributed by atoms with Crippen molar-refractivity contribution in [1.29, 1.82) is 0 Å². The molecule has 0 amide bonds. The second kappa shape index (κ2) is 7.52. The standard InChI is InChI=1S/C16H26N2/c1-17-16(13-15-9-11-18-12-10-15)8-7-14-5-3-2-4-6-14/h9-12,14,16-17H,2-8,13H2,1H3. The molecule has 2 nitrogen and oxygen atoms in total. The van der Waals surface area contributed by atoms with Crippen molar-refractivity contribution in [3.8, 4) is 0 Å². The van der Waals surface area contributed by atoms with E-state index in [1.165, 1.54) is 50.5 Å². The number of rotatable bonds is 6. The van der Waals surface area contributed by atoms with Crippen molar-refractivity contribution in [3.63, 3.8) is 0 Å². The van der Waals surface area contributed by atoms with E-state index in [1.807, 2.05) is 12.4 Å². The third-order valence-electron chi connectivity index (χ3n) is 4.29. The van der Waals surface area contributed by atoms with E-state index in [-0.39, 0.29) is 0 Å². The van der Waals surface area contributed by atoms with E-state index < -0.39 is 0 Å². The molecule has 1 aliphatic carbocycles. The van der Waals surface area contributed by atoms with Gasteiger partial charge < -0.3 is 5.32 Å². The minimum Gasteiger partial charge on any atom is -0.317 e. The molecule has 0 saturated heterocycles. The zero-order chi connectivity index (χ0) is 12.6. The molecule has 0 radical (unpaired) electrons. The van der Waals surface area contributed by atoms with E-state index in [0.717, 1.165) is 12.3 Å². The van der Waals surface area contributed by atoms with E-state index in [4.69, 9.17) is 0 Å². The molecule has 1 N–H and O–H groups in total. The van der Waals surface area contributed by atoms with E-state index in [0.29, 0.717) is 6.04 Å². The van der Waals surface area contributed by atoms with Crippen LogP contribution in [-0.2, 0) is 6.42 Å². The predicted octanol–water partition coefficient (Wildman–Crippen LogP) is 3.57. The fraction of sp³-hybridized carbons (Fsp3) is 0.688. The van der Waals surface area contributed by atoms with Gasteiger partial charge in [0.05, 0.1) is 0 Å². The van der Waals surface area contributed by atoms with Crippen LogP contribution in [0.4, 0.5) is 0 Å². The molecule has 0 bridgehead atoms. The van der Waals surface area contributed by atoms with Crippen molar-refractivity contribution in [1.82, 2.24) is 10.3 Å². The molecule has 1 aromatic heterocycles. The molecule has 1 aliphatic rings. The van der Waals surface area contributed by atoms with Crippen molar-refractivity contribution < 1.29 is 0 Å². The van der Waals surface area contributed by atoms with Gasteiger partial charge >= 0.3 is 0 Å². The normalized spacial score (nSPS) is 18.7. The van der Waals surface area contributed by atoms with Crippen molar-refractivity contribution in [2.45, 2.75) is 57.4 Å². The number of hydrogen-bond donors (Lipinski definition) is 1. The highest BCUT2D eigenvalue weighted by atomic mass is 14.9. The Morgan fingerprint density at radius 2 is 1.94 bits per heavy atom. The summed E-state index contributed by atoms with van der Waals surface area (Å²) >= 11 is 0. The zero-order valence-electron chi connectivity index (χ0n) is 11.6. The van der Waals surface area contributed by atoms with Crippen LogP contribution in [0.5, 0.6) is 0 Å². The largest absolute Gasteiger partial charge is 0.317 e. The maximum absolute atomic E-state index is 4.08. The number of aromatic nitrogens is 1. The third-order valence-corrected chi connectivity index (χ3v) is 4.29.